The number of aromatic nitrogens is 1. The summed E-state index contributed by atoms with van der Waals surface area (Å²) in [7, 11) is 0. The van der Waals surface area contributed by atoms with Gasteiger partial charge in [-0.3, -0.25) is 0 Å². The van der Waals surface area contributed by atoms with Crippen molar-refractivity contribution < 1.29 is 0 Å². The molecule has 2 aromatic rings. The molecule has 2 atom stereocenters. The highest BCUT2D eigenvalue weighted by molar-refractivity contribution is 9.10. The summed E-state index contributed by atoms with van der Waals surface area (Å²) in [5.74, 6) is 0.697. The fourth-order valence-electron chi connectivity index (χ4n) is 3.30. The Bertz CT molecular complexity index is 652. The van der Waals surface area contributed by atoms with E-state index in [1.165, 1.54) is 17.7 Å². The molecule has 2 nitrogen and oxygen atoms in total. The monoisotopic (exact) mass is 364 g/mol. The van der Waals surface area contributed by atoms with Crippen molar-refractivity contribution in [2.24, 2.45) is 11.7 Å². The second kappa shape index (κ2) is 5.82. The van der Waals surface area contributed by atoms with E-state index < -0.39 is 0 Å². The van der Waals surface area contributed by atoms with Gasteiger partial charge in [-0.2, -0.15) is 0 Å². The van der Waals surface area contributed by atoms with Crippen LogP contribution in [0, 0.1) is 12.8 Å². The van der Waals surface area contributed by atoms with Gasteiger partial charge in [-0.25, -0.2) is 4.98 Å². The number of halogens is 1. The first kappa shape index (κ1) is 15.2. The highest BCUT2D eigenvalue weighted by Gasteiger charge is 2.35. The van der Waals surface area contributed by atoms with E-state index in [0.717, 1.165) is 33.6 Å². The maximum Gasteiger partial charge on any atom is 0.113 e. The lowest BCUT2D eigenvalue weighted by Crippen LogP contribution is -2.40. The van der Waals surface area contributed by atoms with Crippen LogP contribution in [0.15, 0.2) is 28.7 Å². The van der Waals surface area contributed by atoms with Gasteiger partial charge < -0.3 is 5.73 Å². The van der Waals surface area contributed by atoms with Gasteiger partial charge in [0, 0.05) is 14.9 Å². The molecule has 2 N–H and O–H groups in total. The second-order valence-electron chi connectivity index (χ2n) is 6.29. The third-order valence-electron chi connectivity index (χ3n) is 4.35. The van der Waals surface area contributed by atoms with Crippen LogP contribution in [0.5, 0.6) is 0 Å². The quantitative estimate of drug-likeness (QED) is 0.790. The number of thiazole rings is 1. The lowest BCUT2D eigenvalue weighted by atomic mass is 9.77. The second-order valence-corrected chi connectivity index (χ2v) is 8.41. The molecule has 0 radical (unpaired) electrons. The number of aryl methyl sites for hydroxylation is 1. The molecule has 1 aliphatic carbocycles. The van der Waals surface area contributed by atoms with Gasteiger partial charge >= 0.3 is 0 Å². The van der Waals surface area contributed by atoms with Gasteiger partial charge in [0.05, 0.1) is 11.2 Å². The van der Waals surface area contributed by atoms with Crippen LogP contribution in [0.1, 0.15) is 42.5 Å². The normalized spacial score (nSPS) is 26.0. The van der Waals surface area contributed by atoms with Crippen molar-refractivity contribution in [3.05, 3.63) is 38.6 Å². The van der Waals surface area contributed by atoms with Crippen LogP contribution in [-0.4, -0.2) is 4.98 Å². The number of hydrogen-bond donors (Lipinski definition) is 1. The van der Waals surface area contributed by atoms with E-state index in [-0.39, 0.29) is 5.54 Å². The maximum atomic E-state index is 6.70. The molecule has 21 heavy (non-hydrogen) atoms. The molecule has 0 aliphatic heterocycles. The van der Waals surface area contributed by atoms with E-state index in [9.17, 15) is 0 Å². The number of hydrogen-bond acceptors (Lipinski definition) is 3. The minimum atomic E-state index is -0.225. The van der Waals surface area contributed by atoms with Crippen LogP contribution in [-0.2, 0) is 5.54 Å². The Balaban J connectivity index is 1.98. The minimum absolute atomic E-state index is 0.225. The first-order valence-electron chi connectivity index (χ1n) is 7.51. The zero-order valence-electron chi connectivity index (χ0n) is 12.5. The molecule has 1 aromatic carbocycles. The number of rotatable bonds is 2. The Morgan fingerprint density at radius 1 is 1.43 bits per heavy atom. The standard InChI is InChI=1S/C17H21BrN2S/c1-11-5-4-8-17(19,10-11)16-20-15(12(2)21-16)13-6-3-7-14(18)9-13/h3,6-7,9,11H,4-5,8,10,19H2,1-2H3. The minimum Gasteiger partial charge on any atom is -0.319 e. The maximum absolute atomic E-state index is 6.70. The van der Waals surface area contributed by atoms with Crippen molar-refractivity contribution in [3.63, 3.8) is 0 Å². The van der Waals surface area contributed by atoms with Crippen LogP contribution in [0.3, 0.4) is 0 Å². The third kappa shape index (κ3) is 3.08. The smallest absolute Gasteiger partial charge is 0.113 e. The van der Waals surface area contributed by atoms with E-state index in [2.05, 4.69) is 48.0 Å². The Morgan fingerprint density at radius 3 is 2.95 bits per heavy atom. The Hall–Kier alpha value is -0.710. The molecule has 1 aromatic heterocycles. The Morgan fingerprint density at radius 2 is 2.24 bits per heavy atom. The van der Waals surface area contributed by atoms with Gasteiger partial charge in [0.15, 0.2) is 0 Å². The fraction of sp³-hybridized carbons (Fsp3) is 0.471. The summed E-state index contributed by atoms with van der Waals surface area (Å²) in [4.78, 5) is 6.18. The summed E-state index contributed by atoms with van der Waals surface area (Å²) in [5.41, 5.74) is 8.72. The average Bonchev–Trinajstić information content (AvgIpc) is 2.81. The van der Waals surface area contributed by atoms with Crippen molar-refractivity contribution in [2.75, 3.05) is 0 Å². The molecule has 2 unspecified atom stereocenters. The highest BCUT2D eigenvalue weighted by Crippen LogP contribution is 2.41. The zero-order chi connectivity index (χ0) is 15.0. The average molecular weight is 365 g/mol. The topological polar surface area (TPSA) is 38.9 Å². The van der Waals surface area contributed by atoms with E-state index in [1.807, 2.05) is 6.07 Å². The van der Waals surface area contributed by atoms with Crippen molar-refractivity contribution in [2.45, 2.75) is 45.1 Å². The summed E-state index contributed by atoms with van der Waals surface area (Å²) >= 11 is 5.31. The molecular weight excluding hydrogens is 344 g/mol. The molecule has 1 heterocycles. The number of nitrogens with two attached hydrogens (primary N) is 1. The molecule has 0 saturated heterocycles. The van der Waals surface area contributed by atoms with Crippen LogP contribution in [0.2, 0.25) is 0 Å². The van der Waals surface area contributed by atoms with Crippen molar-refractivity contribution in [3.8, 4) is 11.3 Å². The van der Waals surface area contributed by atoms with Crippen molar-refractivity contribution >= 4 is 27.3 Å². The number of nitrogens with zero attached hydrogens (tertiary/aromatic N) is 1. The molecule has 1 aliphatic rings. The number of benzene rings is 1. The summed E-state index contributed by atoms with van der Waals surface area (Å²) in [6.45, 7) is 4.45. The molecule has 1 fully saturated rings. The Kier molecular flexibility index (Phi) is 4.21. The van der Waals surface area contributed by atoms with Crippen molar-refractivity contribution in [1.29, 1.82) is 0 Å². The fourth-order valence-corrected chi connectivity index (χ4v) is 4.77. The van der Waals surface area contributed by atoms with Gasteiger partial charge in [-0.05, 0) is 37.8 Å². The van der Waals surface area contributed by atoms with Gasteiger partial charge in [0.25, 0.3) is 0 Å². The molecule has 0 spiro atoms. The largest absolute Gasteiger partial charge is 0.319 e. The molecule has 0 bridgehead atoms. The van der Waals surface area contributed by atoms with E-state index in [0.29, 0.717) is 5.92 Å². The summed E-state index contributed by atoms with van der Waals surface area (Å²) in [6, 6.07) is 8.33. The van der Waals surface area contributed by atoms with Crippen LogP contribution in [0.4, 0.5) is 0 Å². The van der Waals surface area contributed by atoms with Gasteiger partial charge in [-0.15, -0.1) is 11.3 Å². The van der Waals surface area contributed by atoms with Crippen molar-refractivity contribution in [1.82, 2.24) is 4.98 Å². The SMILES string of the molecule is Cc1sc(C2(N)CCCC(C)C2)nc1-c1cccc(Br)c1. The third-order valence-corrected chi connectivity index (χ3v) is 6.04. The van der Waals surface area contributed by atoms with Crippen LogP contribution in [0.25, 0.3) is 11.3 Å². The lowest BCUT2D eigenvalue weighted by molar-refractivity contribution is 0.238. The zero-order valence-corrected chi connectivity index (χ0v) is 14.9. The summed E-state index contributed by atoms with van der Waals surface area (Å²) in [6.07, 6.45) is 4.62. The molecule has 3 rings (SSSR count). The van der Waals surface area contributed by atoms with Gasteiger partial charge in [-0.1, -0.05) is 47.8 Å². The van der Waals surface area contributed by atoms with Gasteiger partial charge in [0.2, 0.25) is 0 Å². The van der Waals surface area contributed by atoms with Gasteiger partial charge in [0.1, 0.15) is 5.01 Å². The first-order valence-corrected chi connectivity index (χ1v) is 9.11. The highest BCUT2D eigenvalue weighted by atomic mass is 79.9. The van der Waals surface area contributed by atoms with Crippen LogP contribution < -0.4 is 5.73 Å². The lowest BCUT2D eigenvalue weighted by Gasteiger charge is -2.35. The van der Waals surface area contributed by atoms with E-state index in [4.69, 9.17) is 10.7 Å². The summed E-state index contributed by atoms with van der Waals surface area (Å²) < 4.78 is 1.09. The first-order chi connectivity index (χ1) is 9.98. The predicted molar refractivity (Wildman–Crippen MR) is 93.5 cm³/mol. The predicted octanol–water partition coefficient (Wildman–Crippen LogP) is 5.25. The molecule has 1 saturated carbocycles. The molecule has 112 valence electrons. The molecule has 0 amide bonds. The van der Waals surface area contributed by atoms with Crippen LogP contribution >= 0.6 is 27.3 Å². The molecule has 4 heteroatoms. The molecular formula is C17H21BrN2S. The van der Waals surface area contributed by atoms with E-state index in [1.54, 1.807) is 11.3 Å². The van der Waals surface area contributed by atoms with E-state index >= 15 is 0 Å². The summed E-state index contributed by atoms with van der Waals surface area (Å²) in [5, 5.41) is 1.11. The Labute approximate surface area is 138 Å².